The zero-order valence-corrected chi connectivity index (χ0v) is 13.3. The molecule has 3 atom stereocenters. The van der Waals surface area contributed by atoms with E-state index in [0.717, 1.165) is 18.4 Å². The van der Waals surface area contributed by atoms with Gasteiger partial charge in [-0.05, 0) is 37.0 Å². The third kappa shape index (κ3) is 5.27. The fourth-order valence-corrected chi connectivity index (χ4v) is 3.40. The van der Waals surface area contributed by atoms with Crippen LogP contribution in [0, 0.1) is 11.3 Å². The summed E-state index contributed by atoms with van der Waals surface area (Å²) in [7, 11) is 1.81. The number of hydrogen-bond acceptors (Lipinski definition) is 2. The molecule has 0 aromatic rings. The molecule has 102 valence electrons. The number of hydrogen-bond donors (Lipinski definition) is 0. The van der Waals surface area contributed by atoms with E-state index in [1.807, 2.05) is 7.11 Å². The molecule has 0 bridgehead atoms. The zero-order chi connectivity index (χ0) is 12.9. The Kier molecular flexibility index (Phi) is 6.46. The first-order valence-electron chi connectivity index (χ1n) is 6.67. The van der Waals surface area contributed by atoms with Crippen LogP contribution >= 0.6 is 15.9 Å². The van der Waals surface area contributed by atoms with Crippen LogP contribution in [0.5, 0.6) is 0 Å². The van der Waals surface area contributed by atoms with Crippen LogP contribution in [-0.2, 0) is 9.47 Å². The number of methoxy groups -OCH3 is 1. The molecule has 1 fully saturated rings. The first-order valence-corrected chi connectivity index (χ1v) is 7.80. The molecule has 1 rings (SSSR count). The Bertz CT molecular complexity index is 213. The van der Waals surface area contributed by atoms with Crippen LogP contribution in [0.15, 0.2) is 0 Å². The Hall–Kier alpha value is 0.400. The van der Waals surface area contributed by atoms with Gasteiger partial charge in [-0.25, -0.2) is 0 Å². The Morgan fingerprint density at radius 3 is 2.41 bits per heavy atom. The highest BCUT2D eigenvalue weighted by molar-refractivity contribution is 9.09. The predicted octanol–water partition coefficient (Wildman–Crippen LogP) is 4.02. The summed E-state index contributed by atoms with van der Waals surface area (Å²) in [6.45, 7) is 7.69. The van der Waals surface area contributed by atoms with Crippen molar-refractivity contribution in [1.82, 2.24) is 0 Å². The maximum atomic E-state index is 6.08. The lowest BCUT2D eigenvalue weighted by Crippen LogP contribution is -2.32. The topological polar surface area (TPSA) is 18.5 Å². The van der Waals surface area contributed by atoms with E-state index in [1.165, 1.54) is 19.3 Å². The molecule has 1 aliphatic rings. The van der Waals surface area contributed by atoms with Gasteiger partial charge in [-0.3, -0.25) is 0 Å². The van der Waals surface area contributed by atoms with Crippen molar-refractivity contribution in [2.45, 2.75) is 58.7 Å². The molecule has 0 radical (unpaired) electrons. The standard InChI is InChI=1S/C14H27BrO2/c1-14(2,3)11(9-15)10-17-13-7-5-6-12(8-13)16-4/h11-13H,5-10H2,1-4H3. The summed E-state index contributed by atoms with van der Waals surface area (Å²) in [5.74, 6) is 0.574. The first kappa shape index (κ1) is 15.5. The Labute approximate surface area is 115 Å². The summed E-state index contributed by atoms with van der Waals surface area (Å²) in [6, 6.07) is 0. The molecule has 17 heavy (non-hydrogen) atoms. The van der Waals surface area contributed by atoms with E-state index in [9.17, 15) is 0 Å². The van der Waals surface area contributed by atoms with Crippen molar-refractivity contribution in [3.05, 3.63) is 0 Å². The van der Waals surface area contributed by atoms with E-state index in [2.05, 4.69) is 36.7 Å². The largest absolute Gasteiger partial charge is 0.381 e. The van der Waals surface area contributed by atoms with E-state index in [1.54, 1.807) is 0 Å². The number of halogens is 1. The van der Waals surface area contributed by atoms with Gasteiger partial charge in [-0.2, -0.15) is 0 Å². The van der Waals surface area contributed by atoms with Gasteiger partial charge in [0.25, 0.3) is 0 Å². The summed E-state index contributed by atoms with van der Waals surface area (Å²) < 4.78 is 11.5. The normalized spacial score (nSPS) is 28.1. The molecule has 0 aromatic heterocycles. The Balaban J connectivity index is 2.34. The van der Waals surface area contributed by atoms with Gasteiger partial charge in [-0.15, -0.1) is 0 Å². The maximum Gasteiger partial charge on any atom is 0.0600 e. The molecule has 2 nitrogen and oxygen atoms in total. The molecule has 0 amide bonds. The van der Waals surface area contributed by atoms with Gasteiger partial charge in [0.1, 0.15) is 0 Å². The molecule has 3 heteroatoms. The average molecular weight is 307 g/mol. The van der Waals surface area contributed by atoms with Crippen LogP contribution in [0.1, 0.15) is 46.5 Å². The fraction of sp³-hybridized carbons (Fsp3) is 1.00. The summed E-state index contributed by atoms with van der Waals surface area (Å²) >= 11 is 3.60. The molecule has 3 unspecified atom stereocenters. The van der Waals surface area contributed by atoms with Crippen molar-refractivity contribution in [3.8, 4) is 0 Å². The molecular weight excluding hydrogens is 280 g/mol. The van der Waals surface area contributed by atoms with Gasteiger partial charge in [0.05, 0.1) is 18.8 Å². The highest BCUT2D eigenvalue weighted by Crippen LogP contribution is 2.30. The highest BCUT2D eigenvalue weighted by Gasteiger charge is 2.27. The van der Waals surface area contributed by atoms with Gasteiger partial charge < -0.3 is 9.47 Å². The lowest BCUT2D eigenvalue weighted by atomic mass is 9.82. The van der Waals surface area contributed by atoms with Gasteiger partial charge >= 0.3 is 0 Å². The van der Waals surface area contributed by atoms with Gasteiger partial charge in [-0.1, -0.05) is 36.7 Å². The molecule has 0 spiro atoms. The molecule has 0 aromatic carbocycles. The van der Waals surface area contributed by atoms with E-state index in [4.69, 9.17) is 9.47 Å². The minimum Gasteiger partial charge on any atom is -0.381 e. The quantitative estimate of drug-likeness (QED) is 0.714. The van der Waals surface area contributed by atoms with Gasteiger partial charge in [0, 0.05) is 12.4 Å². The molecule has 0 heterocycles. The van der Waals surface area contributed by atoms with Crippen molar-refractivity contribution in [3.63, 3.8) is 0 Å². The number of ether oxygens (including phenoxy) is 2. The summed E-state index contributed by atoms with van der Waals surface area (Å²) in [5.41, 5.74) is 0.304. The maximum absolute atomic E-state index is 6.08. The second-order valence-corrected chi connectivity index (χ2v) is 6.84. The fourth-order valence-electron chi connectivity index (χ4n) is 2.25. The molecule has 1 saturated carbocycles. The van der Waals surface area contributed by atoms with Crippen molar-refractivity contribution in [2.24, 2.45) is 11.3 Å². The molecule has 1 aliphatic carbocycles. The average Bonchev–Trinajstić information content (AvgIpc) is 2.28. The minimum atomic E-state index is 0.304. The van der Waals surface area contributed by atoms with Crippen molar-refractivity contribution in [2.75, 3.05) is 19.0 Å². The molecule has 0 N–H and O–H groups in total. The number of rotatable bonds is 5. The summed E-state index contributed by atoms with van der Waals surface area (Å²) in [4.78, 5) is 0. The molecular formula is C14H27BrO2. The van der Waals surface area contributed by atoms with Crippen molar-refractivity contribution >= 4 is 15.9 Å². The first-order chi connectivity index (χ1) is 7.97. The monoisotopic (exact) mass is 306 g/mol. The SMILES string of the molecule is COC1CCCC(OCC(CBr)C(C)(C)C)C1. The van der Waals surface area contributed by atoms with Crippen LogP contribution in [-0.4, -0.2) is 31.3 Å². The zero-order valence-electron chi connectivity index (χ0n) is 11.7. The predicted molar refractivity (Wildman–Crippen MR) is 75.7 cm³/mol. The van der Waals surface area contributed by atoms with Crippen LogP contribution < -0.4 is 0 Å². The van der Waals surface area contributed by atoms with Gasteiger partial charge in [0.2, 0.25) is 0 Å². The van der Waals surface area contributed by atoms with Gasteiger partial charge in [0.15, 0.2) is 0 Å². The van der Waals surface area contributed by atoms with Crippen LogP contribution in [0.2, 0.25) is 0 Å². The highest BCUT2D eigenvalue weighted by atomic mass is 79.9. The van der Waals surface area contributed by atoms with E-state index < -0.39 is 0 Å². The second-order valence-electron chi connectivity index (χ2n) is 6.20. The van der Waals surface area contributed by atoms with Crippen molar-refractivity contribution < 1.29 is 9.47 Å². The second kappa shape index (κ2) is 7.10. The van der Waals surface area contributed by atoms with Crippen LogP contribution in [0.25, 0.3) is 0 Å². The smallest absolute Gasteiger partial charge is 0.0600 e. The molecule has 0 saturated heterocycles. The van der Waals surface area contributed by atoms with Crippen LogP contribution in [0.4, 0.5) is 0 Å². The third-order valence-corrected chi connectivity index (χ3v) is 4.64. The lowest BCUT2D eigenvalue weighted by molar-refractivity contribution is -0.0479. The van der Waals surface area contributed by atoms with Crippen molar-refractivity contribution in [1.29, 1.82) is 0 Å². The minimum absolute atomic E-state index is 0.304. The third-order valence-electron chi connectivity index (χ3n) is 3.86. The van der Waals surface area contributed by atoms with E-state index in [-0.39, 0.29) is 0 Å². The van der Waals surface area contributed by atoms with E-state index >= 15 is 0 Å². The Morgan fingerprint density at radius 2 is 1.88 bits per heavy atom. The summed E-state index contributed by atoms with van der Waals surface area (Å²) in [5, 5.41) is 1.01. The lowest BCUT2D eigenvalue weighted by Gasteiger charge is -2.33. The molecule has 0 aliphatic heterocycles. The summed E-state index contributed by atoms with van der Waals surface area (Å²) in [6.07, 6.45) is 5.49. The Morgan fingerprint density at radius 1 is 1.24 bits per heavy atom. The number of alkyl halides is 1. The van der Waals surface area contributed by atoms with E-state index in [0.29, 0.717) is 23.5 Å². The van der Waals surface area contributed by atoms with Crippen LogP contribution in [0.3, 0.4) is 0 Å².